The summed E-state index contributed by atoms with van der Waals surface area (Å²) >= 11 is 0. The van der Waals surface area contributed by atoms with E-state index in [2.05, 4.69) is 31.1 Å². The molecular weight excluding hydrogens is 582 g/mol. The predicted octanol–water partition coefficient (Wildman–Crippen LogP) is 2.69. The Bertz CT molecular complexity index is 1880. The van der Waals surface area contributed by atoms with Gasteiger partial charge in [0, 0.05) is 55.8 Å². The maximum absolute atomic E-state index is 13.8. The van der Waals surface area contributed by atoms with Gasteiger partial charge in [-0.25, -0.2) is 4.98 Å². The van der Waals surface area contributed by atoms with Gasteiger partial charge in [-0.3, -0.25) is 19.5 Å². The number of nitrogens with zero attached hydrogens (tertiary/aromatic N) is 3. The quantitative estimate of drug-likeness (QED) is 0.270. The highest BCUT2D eigenvalue weighted by Crippen LogP contribution is 2.47. The lowest BCUT2D eigenvalue weighted by atomic mass is 9.79. The largest absolute Gasteiger partial charge is 0.376 e. The van der Waals surface area contributed by atoms with Crippen LogP contribution in [0.1, 0.15) is 43.7 Å². The van der Waals surface area contributed by atoms with Gasteiger partial charge >= 0.3 is 0 Å². The van der Waals surface area contributed by atoms with Crippen LogP contribution in [0.5, 0.6) is 0 Å². The average Bonchev–Trinajstić information content (AvgIpc) is 3.75. The van der Waals surface area contributed by atoms with Crippen molar-refractivity contribution in [1.29, 1.82) is 0 Å². The van der Waals surface area contributed by atoms with Gasteiger partial charge in [0.25, 0.3) is 5.91 Å². The molecule has 2 aromatic heterocycles. The third-order valence-electron chi connectivity index (χ3n) is 9.34. The van der Waals surface area contributed by atoms with Crippen LogP contribution in [0.3, 0.4) is 0 Å². The van der Waals surface area contributed by atoms with Crippen LogP contribution in [0.15, 0.2) is 54.9 Å². The molecule has 2 aromatic carbocycles. The van der Waals surface area contributed by atoms with Crippen molar-refractivity contribution < 1.29 is 19.1 Å². The van der Waals surface area contributed by atoms with Crippen LogP contribution in [0.4, 0.5) is 5.82 Å². The van der Waals surface area contributed by atoms with E-state index in [4.69, 9.17) is 4.74 Å². The first-order valence-corrected chi connectivity index (χ1v) is 15.7. The number of fused-ring (bicyclic) bond motifs is 3. The zero-order valence-electron chi connectivity index (χ0n) is 26.0. The smallest absolute Gasteiger partial charge is 0.251 e. The number of rotatable bonds is 2. The van der Waals surface area contributed by atoms with Gasteiger partial charge in [0.05, 0.1) is 30.3 Å². The maximum atomic E-state index is 13.8. The van der Waals surface area contributed by atoms with E-state index in [9.17, 15) is 14.4 Å². The number of nitrogens with one attached hydrogen (secondary N) is 4. The lowest BCUT2D eigenvalue weighted by Crippen LogP contribution is -2.49. The molecule has 11 heteroatoms. The lowest BCUT2D eigenvalue weighted by molar-refractivity contribution is -0.131. The number of aromatic nitrogens is 3. The second-order valence-electron chi connectivity index (χ2n) is 12.5. The Morgan fingerprint density at radius 1 is 1.04 bits per heavy atom. The third kappa shape index (κ3) is 5.56. The second-order valence-corrected chi connectivity index (χ2v) is 12.5. The highest BCUT2D eigenvalue weighted by atomic mass is 16.5. The molecule has 4 N–H and O–H groups in total. The van der Waals surface area contributed by atoms with Gasteiger partial charge in [-0.2, -0.15) is 5.10 Å². The molecule has 11 nitrogen and oxygen atoms in total. The number of carbonyl (C=O) groups excluding carboxylic acids is 3. The SMILES string of the molecule is Cc1cc(C[C@H]2NC(=O)c3ccc4c(c3)C[C@]3(C4)C(=O)Nc4ncc(cc43)/C=C/COCCNCCN(C)C2=O)cc2cn[nH]c12. The first-order chi connectivity index (χ1) is 22.3. The van der Waals surface area contributed by atoms with Crippen LogP contribution in [0, 0.1) is 6.92 Å². The third-order valence-corrected chi connectivity index (χ3v) is 9.34. The van der Waals surface area contributed by atoms with Crippen molar-refractivity contribution in [3.8, 4) is 0 Å². The van der Waals surface area contributed by atoms with Crippen molar-refractivity contribution in [3.63, 3.8) is 0 Å². The monoisotopic (exact) mass is 619 g/mol. The Kier molecular flexibility index (Phi) is 7.87. The predicted molar refractivity (Wildman–Crippen MR) is 175 cm³/mol. The van der Waals surface area contributed by atoms with Crippen molar-refractivity contribution in [2.45, 2.75) is 37.6 Å². The number of H-pyrrole nitrogens is 1. The van der Waals surface area contributed by atoms with Gasteiger partial charge < -0.3 is 25.6 Å². The minimum atomic E-state index is -0.786. The Balaban J connectivity index is 1.20. The van der Waals surface area contributed by atoms with E-state index in [1.54, 1.807) is 30.4 Å². The fourth-order valence-electron chi connectivity index (χ4n) is 6.89. The summed E-state index contributed by atoms with van der Waals surface area (Å²) in [5, 5.41) is 17.5. The van der Waals surface area contributed by atoms with Crippen LogP contribution >= 0.6 is 0 Å². The molecule has 2 aliphatic heterocycles. The molecule has 4 heterocycles. The summed E-state index contributed by atoms with van der Waals surface area (Å²) in [6, 6.07) is 10.8. The van der Waals surface area contributed by atoms with E-state index >= 15 is 0 Å². The number of pyridine rings is 1. The molecule has 2 atom stereocenters. The molecule has 0 fully saturated rings. The molecule has 7 rings (SSSR count). The van der Waals surface area contributed by atoms with Crippen LogP contribution in [0.25, 0.3) is 17.0 Å². The van der Waals surface area contributed by atoms with E-state index in [1.807, 2.05) is 49.4 Å². The number of hydrogen-bond acceptors (Lipinski definition) is 7. The van der Waals surface area contributed by atoms with Crippen molar-refractivity contribution in [3.05, 3.63) is 93.8 Å². The summed E-state index contributed by atoms with van der Waals surface area (Å²) in [5.74, 6) is -0.00751. The summed E-state index contributed by atoms with van der Waals surface area (Å²) in [4.78, 5) is 47.3. The van der Waals surface area contributed by atoms with E-state index < -0.39 is 11.5 Å². The molecule has 1 aliphatic carbocycles. The number of aryl methyl sites for hydroxylation is 1. The van der Waals surface area contributed by atoms with Gasteiger partial charge in [0.15, 0.2) is 0 Å². The van der Waals surface area contributed by atoms with Gasteiger partial charge in [-0.15, -0.1) is 0 Å². The Morgan fingerprint density at radius 3 is 2.80 bits per heavy atom. The fourth-order valence-corrected chi connectivity index (χ4v) is 6.89. The maximum Gasteiger partial charge on any atom is 0.251 e. The van der Waals surface area contributed by atoms with Gasteiger partial charge in [-0.05, 0) is 71.8 Å². The van der Waals surface area contributed by atoms with Crippen LogP contribution < -0.4 is 16.0 Å². The standard InChI is InChI=1S/C35H37N7O4/c1-21-12-23(13-27-20-38-41-30(21)27)15-29-33(44)42(2)9-7-36-8-11-46-10-3-4-22-14-28-31(37-19-22)40-34(45)35(28)17-25-6-5-24(32(43)39-29)16-26(25)18-35/h3-6,12-14,16,19-20,29,36H,7-11,15,17-18H2,1-2H3,(H,38,41)(H,39,43)(H,37,40,45)/b4-3+/t29-,35+/m1/s1. The van der Waals surface area contributed by atoms with Crippen LogP contribution in [-0.2, 0) is 39.0 Å². The molecule has 1 spiro atoms. The van der Waals surface area contributed by atoms with Crippen molar-refractivity contribution in [2.75, 3.05) is 45.2 Å². The van der Waals surface area contributed by atoms with Gasteiger partial charge in [0.1, 0.15) is 11.9 Å². The van der Waals surface area contributed by atoms with E-state index in [-0.39, 0.29) is 17.7 Å². The molecule has 46 heavy (non-hydrogen) atoms. The second kappa shape index (κ2) is 12.1. The molecule has 236 valence electrons. The number of aromatic amines is 1. The van der Waals surface area contributed by atoms with Gasteiger partial charge in [-0.1, -0.05) is 24.3 Å². The highest BCUT2D eigenvalue weighted by Gasteiger charge is 2.51. The number of hydrogen-bond donors (Lipinski definition) is 4. The summed E-state index contributed by atoms with van der Waals surface area (Å²) in [7, 11) is 1.76. The number of likely N-dealkylation sites (N-methyl/N-ethyl adjacent to an activating group) is 1. The number of benzene rings is 2. The number of ether oxygens (including phenoxy) is 1. The zero-order valence-corrected chi connectivity index (χ0v) is 26.0. The molecule has 0 radical (unpaired) electrons. The number of carbonyl (C=O) groups is 3. The van der Waals surface area contributed by atoms with Gasteiger partial charge in [0.2, 0.25) is 11.8 Å². The average molecular weight is 620 g/mol. The fraction of sp³-hybridized carbons (Fsp3) is 0.343. The van der Waals surface area contributed by atoms with Crippen molar-refractivity contribution >= 4 is 40.5 Å². The zero-order chi connectivity index (χ0) is 31.8. The highest BCUT2D eigenvalue weighted by molar-refractivity contribution is 6.06. The topological polar surface area (TPSA) is 141 Å². The van der Waals surface area contributed by atoms with Crippen molar-refractivity contribution in [1.82, 2.24) is 30.7 Å². The van der Waals surface area contributed by atoms with E-state index in [1.165, 1.54) is 0 Å². The summed E-state index contributed by atoms with van der Waals surface area (Å²) in [6.45, 7) is 4.65. The minimum absolute atomic E-state index is 0.0813. The lowest BCUT2D eigenvalue weighted by Gasteiger charge is -2.25. The molecule has 5 bridgehead atoms. The number of anilines is 1. The molecule has 0 saturated heterocycles. The molecule has 3 aliphatic rings. The van der Waals surface area contributed by atoms with Crippen molar-refractivity contribution in [2.24, 2.45) is 0 Å². The number of amides is 3. The Hall–Kier alpha value is -4.87. The molecule has 3 amide bonds. The normalized spacial score (nSPS) is 22.8. The Morgan fingerprint density at radius 2 is 1.91 bits per heavy atom. The summed E-state index contributed by atoms with van der Waals surface area (Å²) in [5.41, 5.74) is 6.30. The first-order valence-electron chi connectivity index (χ1n) is 15.7. The van der Waals surface area contributed by atoms with Crippen LogP contribution in [0.2, 0.25) is 0 Å². The molecule has 0 saturated carbocycles. The van der Waals surface area contributed by atoms with E-state index in [0.717, 1.165) is 44.3 Å². The molecular formula is C35H37N7O4. The first kappa shape index (κ1) is 29.8. The molecule has 0 unspecified atom stereocenters. The van der Waals surface area contributed by atoms with E-state index in [0.29, 0.717) is 63.5 Å². The minimum Gasteiger partial charge on any atom is -0.376 e. The summed E-state index contributed by atoms with van der Waals surface area (Å²) in [6.07, 6.45) is 8.73. The molecule has 4 aromatic rings. The van der Waals surface area contributed by atoms with Crippen LogP contribution in [-0.4, -0.2) is 83.7 Å². The summed E-state index contributed by atoms with van der Waals surface area (Å²) < 4.78 is 5.76. The Labute approximate surface area is 266 Å².